The summed E-state index contributed by atoms with van der Waals surface area (Å²) in [7, 11) is 2.04. The van der Waals surface area contributed by atoms with Gasteiger partial charge < -0.3 is 19.6 Å². The number of piperidine rings is 1. The number of carboxylic acid groups (broad SMARTS) is 1. The maximum absolute atomic E-state index is 11.5. The first-order valence-corrected chi connectivity index (χ1v) is 5.96. The number of carbonyl (C=O) groups excluding carboxylic acids is 1. The van der Waals surface area contributed by atoms with Crippen LogP contribution in [0.1, 0.15) is 19.3 Å². The first-order chi connectivity index (χ1) is 8.08. The molecule has 0 spiro atoms. The van der Waals surface area contributed by atoms with Crippen molar-refractivity contribution in [2.75, 3.05) is 26.7 Å². The van der Waals surface area contributed by atoms with E-state index in [9.17, 15) is 9.59 Å². The van der Waals surface area contributed by atoms with Crippen LogP contribution >= 0.6 is 0 Å². The average molecular weight is 242 g/mol. The molecule has 0 aromatic rings. The Kier molecular flexibility index (Phi) is 3.51. The highest BCUT2D eigenvalue weighted by Crippen LogP contribution is 2.19. The SMILES string of the molecule is CN1CCCCC1CN1C[C@H](C(=O)O)OC1=O. The van der Waals surface area contributed by atoms with E-state index in [0.29, 0.717) is 12.6 Å². The lowest BCUT2D eigenvalue weighted by Crippen LogP contribution is -2.45. The molecule has 0 radical (unpaired) electrons. The standard InChI is InChI=1S/C11H18N2O4/c1-12-5-3-2-4-8(12)6-13-7-9(10(14)15)17-11(13)16/h8-9H,2-7H2,1H3,(H,14,15)/t8?,9-/m1/s1. The Hall–Kier alpha value is -1.30. The lowest BCUT2D eigenvalue weighted by atomic mass is 10.0. The van der Waals surface area contributed by atoms with E-state index in [1.165, 1.54) is 17.7 Å². The molecule has 2 saturated heterocycles. The third-order valence-corrected chi connectivity index (χ3v) is 3.52. The van der Waals surface area contributed by atoms with E-state index in [-0.39, 0.29) is 6.54 Å². The molecule has 96 valence electrons. The molecule has 6 heteroatoms. The number of rotatable bonds is 3. The van der Waals surface area contributed by atoms with Crippen molar-refractivity contribution in [2.24, 2.45) is 0 Å². The van der Waals surface area contributed by atoms with Crippen LogP contribution in [0.3, 0.4) is 0 Å². The molecule has 6 nitrogen and oxygen atoms in total. The van der Waals surface area contributed by atoms with Crippen LogP contribution in [0.4, 0.5) is 4.79 Å². The molecule has 2 fully saturated rings. The number of amides is 1. The molecule has 0 aliphatic carbocycles. The fraction of sp³-hybridized carbons (Fsp3) is 0.818. The quantitative estimate of drug-likeness (QED) is 0.774. The minimum Gasteiger partial charge on any atom is -0.478 e. The number of likely N-dealkylation sites (N-methyl/N-ethyl adjacent to an activating group) is 1. The molecule has 2 rings (SSSR count). The van der Waals surface area contributed by atoms with Crippen molar-refractivity contribution in [1.82, 2.24) is 9.80 Å². The molecule has 2 heterocycles. The molecule has 2 aliphatic rings. The molecular formula is C11H18N2O4. The molecule has 0 bridgehead atoms. The first kappa shape index (κ1) is 12.2. The lowest BCUT2D eigenvalue weighted by molar-refractivity contribution is -0.144. The number of aliphatic carboxylic acids is 1. The third kappa shape index (κ3) is 2.69. The molecule has 17 heavy (non-hydrogen) atoms. The maximum Gasteiger partial charge on any atom is 0.410 e. The van der Waals surface area contributed by atoms with Crippen molar-refractivity contribution in [3.8, 4) is 0 Å². The predicted octanol–water partition coefficient (Wildman–Crippen LogP) is 0.376. The van der Waals surface area contributed by atoms with Gasteiger partial charge in [0, 0.05) is 12.6 Å². The molecule has 0 saturated carbocycles. The fourth-order valence-electron chi connectivity index (χ4n) is 2.41. The van der Waals surface area contributed by atoms with Crippen LogP contribution in [0.2, 0.25) is 0 Å². The van der Waals surface area contributed by atoms with E-state index in [4.69, 9.17) is 9.84 Å². The van der Waals surface area contributed by atoms with Crippen LogP contribution < -0.4 is 0 Å². The van der Waals surface area contributed by atoms with Crippen LogP contribution in [-0.2, 0) is 9.53 Å². The molecule has 2 aliphatic heterocycles. The summed E-state index contributed by atoms with van der Waals surface area (Å²) in [5.41, 5.74) is 0. The topological polar surface area (TPSA) is 70.1 Å². The highest BCUT2D eigenvalue weighted by Gasteiger charge is 2.37. The highest BCUT2D eigenvalue weighted by atomic mass is 16.6. The number of hydrogen-bond acceptors (Lipinski definition) is 4. The van der Waals surface area contributed by atoms with E-state index < -0.39 is 18.2 Å². The van der Waals surface area contributed by atoms with Crippen molar-refractivity contribution in [3.63, 3.8) is 0 Å². The molecule has 1 unspecified atom stereocenters. The van der Waals surface area contributed by atoms with E-state index in [1.807, 2.05) is 7.05 Å². The summed E-state index contributed by atoms with van der Waals surface area (Å²) < 4.78 is 4.78. The highest BCUT2D eigenvalue weighted by molar-refractivity contribution is 5.81. The van der Waals surface area contributed by atoms with Gasteiger partial charge in [0.2, 0.25) is 6.10 Å². The second kappa shape index (κ2) is 4.91. The Morgan fingerprint density at radius 1 is 1.53 bits per heavy atom. The normalized spacial score (nSPS) is 30.4. The smallest absolute Gasteiger partial charge is 0.410 e. The van der Waals surface area contributed by atoms with Crippen molar-refractivity contribution in [3.05, 3.63) is 0 Å². The van der Waals surface area contributed by atoms with Gasteiger partial charge in [0.1, 0.15) is 0 Å². The number of likely N-dealkylation sites (tertiary alicyclic amines) is 1. The summed E-state index contributed by atoms with van der Waals surface area (Å²) in [6.45, 7) is 1.77. The van der Waals surface area contributed by atoms with Crippen LogP contribution in [-0.4, -0.2) is 65.8 Å². The number of nitrogens with zero attached hydrogens (tertiary/aromatic N) is 2. The van der Waals surface area contributed by atoms with Crippen molar-refractivity contribution in [2.45, 2.75) is 31.4 Å². The average Bonchev–Trinajstić information content (AvgIpc) is 2.64. The summed E-state index contributed by atoms with van der Waals surface area (Å²) in [6.07, 6.45) is 1.90. The van der Waals surface area contributed by atoms with Gasteiger partial charge in [-0.05, 0) is 26.4 Å². The Balaban J connectivity index is 1.90. The minimum absolute atomic E-state index is 0.165. The van der Waals surface area contributed by atoms with E-state index in [1.54, 1.807) is 0 Å². The van der Waals surface area contributed by atoms with Gasteiger partial charge in [-0.25, -0.2) is 9.59 Å². The van der Waals surface area contributed by atoms with Crippen LogP contribution in [0, 0.1) is 0 Å². The molecule has 1 amide bonds. The van der Waals surface area contributed by atoms with Gasteiger partial charge in [-0.1, -0.05) is 6.42 Å². The van der Waals surface area contributed by atoms with Gasteiger partial charge in [0.25, 0.3) is 0 Å². The fourth-order valence-corrected chi connectivity index (χ4v) is 2.41. The second-order valence-electron chi connectivity index (χ2n) is 4.75. The summed E-state index contributed by atoms with van der Waals surface area (Å²) in [4.78, 5) is 26.0. The molecule has 0 aromatic heterocycles. The lowest BCUT2D eigenvalue weighted by Gasteiger charge is -2.34. The number of cyclic esters (lactones) is 1. The van der Waals surface area contributed by atoms with Crippen molar-refractivity contribution in [1.29, 1.82) is 0 Å². The summed E-state index contributed by atoms with van der Waals surface area (Å²) in [5, 5.41) is 8.79. The van der Waals surface area contributed by atoms with Crippen LogP contribution in [0.25, 0.3) is 0 Å². The van der Waals surface area contributed by atoms with E-state index >= 15 is 0 Å². The van der Waals surface area contributed by atoms with E-state index in [2.05, 4.69) is 4.90 Å². The zero-order valence-corrected chi connectivity index (χ0v) is 9.96. The number of carbonyl (C=O) groups is 2. The van der Waals surface area contributed by atoms with E-state index in [0.717, 1.165) is 13.0 Å². The van der Waals surface area contributed by atoms with Gasteiger partial charge >= 0.3 is 12.1 Å². The molecule has 1 N–H and O–H groups in total. The largest absolute Gasteiger partial charge is 0.478 e. The predicted molar refractivity (Wildman–Crippen MR) is 59.7 cm³/mol. The monoisotopic (exact) mass is 242 g/mol. The van der Waals surface area contributed by atoms with Crippen molar-refractivity contribution < 1.29 is 19.4 Å². The zero-order chi connectivity index (χ0) is 12.4. The van der Waals surface area contributed by atoms with Crippen LogP contribution in [0.5, 0.6) is 0 Å². The number of hydrogen-bond donors (Lipinski definition) is 1. The third-order valence-electron chi connectivity index (χ3n) is 3.52. The Morgan fingerprint density at radius 3 is 2.88 bits per heavy atom. The Morgan fingerprint density at radius 2 is 2.29 bits per heavy atom. The van der Waals surface area contributed by atoms with Gasteiger partial charge in [-0.15, -0.1) is 0 Å². The summed E-state index contributed by atoms with van der Waals surface area (Å²) in [6, 6.07) is 0.323. The molecule has 2 atom stereocenters. The zero-order valence-electron chi connectivity index (χ0n) is 9.96. The van der Waals surface area contributed by atoms with Crippen LogP contribution in [0.15, 0.2) is 0 Å². The molecule has 0 aromatic carbocycles. The first-order valence-electron chi connectivity index (χ1n) is 5.96. The summed E-state index contributed by atoms with van der Waals surface area (Å²) in [5.74, 6) is -1.07. The van der Waals surface area contributed by atoms with Gasteiger partial charge in [0.15, 0.2) is 0 Å². The van der Waals surface area contributed by atoms with Gasteiger partial charge in [-0.2, -0.15) is 0 Å². The number of carboxylic acids is 1. The van der Waals surface area contributed by atoms with Gasteiger partial charge in [0.05, 0.1) is 6.54 Å². The number of ether oxygens (including phenoxy) is 1. The Bertz CT molecular complexity index is 321. The maximum atomic E-state index is 11.5. The summed E-state index contributed by atoms with van der Waals surface area (Å²) >= 11 is 0. The molecular weight excluding hydrogens is 224 g/mol. The second-order valence-corrected chi connectivity index (χ2v) is 4.75. The van der Waals surface area contributed by atoms with Crippen molar-refractivity contribution >= 4 is 12.1 Å². The Labute approximate surface area is 100 Å². The van der Waals surface area contributed by atoms with Gasteiger partial charge in [-0.3, -0.25) is 0 Å². The minimum atomic E-state index is -1.07.